The number of hydrogen-bond acceptors (Lipinski definition) is 3. The summed E-state index contributed by atoms with van der Waals surface area (Å²) in [7, 11) is 1.57. The fourth-order valence-corrected chi connectivity index (χ4v) is 4.54. The number of halogens is 3. The van der Waals surface area contributed by atoms with Crippen LogP contribution in [0.3, 0.4) is 0 Å². The molecular weight excluding hydrogens is 572 g/mol. The lowest BCUT2D eigenvalue weighted by atomic mass is 10.0. The SMILES string of the molecule is CNC(=O)C(Cc1ccccc1)N(Cc1cccc(Br)c1)C(=O)COc1ccc(Br)cc1Cl. The van der Waals surface area contributed by atoms with Gasteiger partial charge < -0.3 is 15.0 Å². The number of benzene rings is 3. The van der Waals surface area contributed by atoms with E-state index in [-0.39, 0.29) is 25.0 Å². The lowest BCUT2D eigenvalue weighted by molar-refractivity contribution is -0.142. The molecule has 0 heterocycles. The second-order valence-electron chi connectivity index (χ2n) is 7.33. The molecule has 3 aromatic rings. The number of likely N-dealkylation sites (N-methyl/N-ethyl adjacent to an activating group) is 1. The summed E-state index contributed by atoms with van der Waals surface area (Å²) < 4.78 is 7.43. The summed E-state index contributed by atoms with van der Waals surface area (Å²) in [6.07, 6.45) is 0.374. The number of hydrogen-bond donors (Lipinski definition) is 1. The van der Waals surface area contributed by atoms with E-state index in [0.717, 1.165) is 20.1 Å². The van der Waals surface area contributed by atoms with E-state index in [2.05, 4.69) is 37.2 Å². The maximum Gasteiger partial charge on any atom is 0.261 e. The van der Waals surface area contributed by atoms with Crippen molar-refractivity contribution < 1.29 is 14.3 Å². The molecule has 172 valence electrons. The maximum atomic E-state index is 13.4. The number of ether oxygens (including phenoxy) is 1. The second kappa shape index (κ2) is 12.2. The van der Waals surface area contributed by atoms with Gasteiger partial charge in [-0.3, -0.25) is 9.59 Å². The van der Waals surface area contributed by atoms with Crippen LogP contribution in [0.2, 0.25) is 5.02 Å². The van der Waals surface area contributed by atoms with Crippen LogP contribution in [-0.2, 0) is 22.6 Å². The summed E-state index contributed by atoms with van der Waals surface area (Å²) in [4.78, 5) is 27.9. The van der Waals surface area contributed by atoms with Crippen molar-refractivity contribution in [3.63, 3.8) is 0 Å². The Labute approximate surface area is 215 Å². The van der Waals surface area contributed by atoms with E-state index < -0.39 is 6.04 Å². The molecule has 0 aliphatic rings. The lowest BCUT2D eigenvalue weighted by Gasteiger charge is -2.31. The molecule has 0 aromatic heterocycles. The fraction of sp³-hybridized carbons (Fsp3) is 0.200. The molecular formula is C25H23Br2ClN2O3. The van der Waals surface area contributed by atoms with Gasteiger partial charge in [0.1, 0.15) is 11.8 Å². The average molecular weight is 595 g/mol. The largest absolute Gasteiger partial charge is 0.482 e. The van der Waals surface area contributed by atoms with Gasteiger partial charge in [0.15, 0.2) is 6.61 Å². The average Bonchev–Trinajstić information content (AvgIpc) is 2.81. The molecule has 0 bridgehead atoms. The zero-order chi connectivity index (χ0) is 23.8. The van der Waals surface area contributed by atoms with Crippen LogP contribution in [-0.4, -0.2) is 36.4 Å². The van der Waals surface area contributed by atoms with Crippen molar-refractivity contribution in [2.45, 2.75) is 19.0 Å². The van der Waals surface area contributed by atoms with Crippen LogP contribution in [0, 0.1) is 0 Å². The molecule has 3 rings (SSSR count). The van der Waals surface area contributed by atoms with E-state index in [0.29, 0.717) is 17.2 Å². The van der Waals surface area contributed by atoms with Gasteiger partial charge in [-0.1, -0.05) is 85.9 Å². The second-order valence-corrected chi connectivity index (χ2v) is 9.57. The summed E-state index contributed by atoms with van der Waals surface area (Å²) in [5.74, 6) is -0.169. The minimum Gasteiger partial charge on any atom is -0.482 e. The molecule has 0 spiro atoms. The smallest absolute Gasteiger partial charge is 0.261 e. The molecule has 1 N–H and O–H groups in total. The Hall–Kier alpha value is -2.35. The maximum absolute atomic E-state index is 13.4. The van der Waals surface area contributed by atoms with Crippen LogP contribution < -0.4 is 10.1 Å². The van der Waals surface area contributed by atoms with Gasteiger partial charge in [-0.25, -0.2) is 0 Å². The van der Waals surface area contributed by atoms with Gasteiger partial charge in [0.25, 0.3) is 5.91 Å². The van der Waals surface area contributed by atoms with E-state index in [4.69, 9.17) is 16.3 Å². The van der Waals surface area contributed by atoms with Gasteiger partial charge in [0.2, 0.25) is 5.91 Å². The van der Waals surface area contributed by atoms with E-state index in [1.165, 1.54) is 0 Å². The van der Waals surface area contributed by atoms with Crippen molar-refractivity contribution in [2.75, 3.05) is 13.7 Å². The van der Waals surface area contributed by atoms with Gasteiger partial charge in [-0.15, -0.1) is 0 Å². The third-order valence-corrected chi connectivity index (χ3v) is 6.29. The Morgan fingerprint density at radius 1 is 0.970 bits per heavy atom. The summed E-state index contributed by atoms with van der Waals surface area (Å²) in [5, 5.41) is 3.09. The number of carbonyl (C=O) groups excluding carboxylic acids is 2. The third-order valence-electron chi connectivity index (χ3n) is 5.00. The number of carbonyl (C=O) groups is 2. The number of rotatable bonds is 9. The van der Waals surface area contributed by atoms with E-state index in [9.17, 15) is 9.59 Å². The standard InChI is InChI=1S/C25H23Br2ClN2O3/c1-29-25(32)22(13-17-6-3-2-4-7-17)30(15-18-8-5-9-19(26)12-18)24(31)16-33-23-11-10-20(27)14-21(23)28/h2-12,14,22H,13,15-16H2,1H3,(H,29,32). The molecule has 0 saturated carbocycles. The molecule has 0 aliphatic heterocycles. The first kappa shape index (κ1) is 25.3. The Morgan fingerprint density at radius 2 is 1.67 bits per heavy atom. The summed E-state index contributed by atoms with van der Waals surface area (Å²) in [6, 6.07) is 21.7. The van der Waals surface area contributed by atoms with Gasteiger partial charge in [0.05, 0.1) is 5.02 Å². The van der Waals surface area contributed by atoms with E-state index in [1.54, 1.807) is 30.1 Å². The number of nitrogens with zero attached hydrogens (tertiary/aromatic N) is 1. The monoisotopic (exact) mass is 592 g/mol. The molecule has 0 aliphatic carbocycles. The Balaban J connectivity index is 1.88. The highest BCUT2D eigenvalue weighted by molar-refractivity contribution is 9.10. The van der Waals surface area contributed by atoms with Gasteiger partial charge >= 0.3 is 0 Å². The van der Waals surface area contributed by atoms with Crippen molar-refractivity contribution in [1.29, 1.82) is 0 Å². The van der Waals surface area contributed by atoms with Crippen LogP contribution in [0.5, 0.6) is 5.75 Å². The minimum absolute atomic E-state index is 0.246. The molecule has 33 heavy (non-hydrogen) atoms. The zero-order valence-corrected chi connectivity index (χ0v) is 21.9. The van der Waals surface area contributed by atoms with Crippen LogP contribution in [0.15, 0.2) is 81.7 Å². The quantitative estimate of drug-likeness (QED) is 0.350. The molecule has 1 unspecified atom stereocenters. The minimum atomic E-state index is -0.715. The Kier molecular flexibility index (Phi) is 9.35. The number of amides is 2. The van der Waals surface area contributed by atoms with E-state index >= 15 is 0 Å². The Morgan fingerprint density at radius 3 is 2.33 bits per heavy atom. The molecule has 0 fully saturated rings. The first-order valence-electron chi connectivity index (χ1n) is 10.2. The van der Waals surface area contributed by atoms with Gasteiger partial charge in [0, 0.05) is 29.0 Å². The first-order valence-corrected chi connectivity index (χ1v) is 12.2. The molecule has 2 amide bonds. The first-order chi connectivity index (χ1) is 15.9. The van der Waals surface area contributed by atoms with Crippen LogP contribution >= 0.6 is 43.5 Å². The zero-order valence-electron chi connectivity index (χ0n) is 17.9. The van der Waals surface area contributed by atoms with Gasteiger partial charge in [-0.05, 0) is 41.5 Å². The summed E-state index contributed by atoms with van der Waals surface area (Å²) >= 11 is 13.1. The number of nitrogens with one attached hydrogen (secondary N) is 1. The summed E-state index contributed by atoms with van der Waals surface area (Å²) in [6.45, 7) is -0.00172. The highest BCUT2D eigenvalue weighted by atomic mass is 79.9. The van der Waals surface area contributed by atoms with Crippen LogP contribution in [0.4, 0.5) is 0 Å². The fourth-order valence-electron chi connectivity index (χ4n) is 3.37. The molecule has 1 atom stereocenters. The topological polar surface area (TPSA) is 58.6 Å². The lowest BCUT2D eigenvalue weighted by Crippen LogP contribution is -2.51. The van der Waals surface area contributed by atoms with Crippen LogP contribution in [0.25, 0.3) is 0 Å². The van der Waals surface area contributed by atoms with Crippen LogP contribution in [0.1, 0.15) is 11.1 Å². The van der Waals surface area contributed by atoms with Crippen molar-refractivity contribution in [3.8, 4) is 5.75 Å². The highest BCUT2D eigenvalue weighted by Crippen LogP contribution is 2.28. The predicted molar refractivity (Wildman–Crippen MR) is 137 cm³/mol. The summed E-state index contributed by atoms with van der Waals surface area (Å²) in [5.41, 5.74) is 1.84. The van der Waals surface area contributed by atoms with Crippen molar-refractivity contribution >= 4 is 55.3 Å². The third kappa shape index (κ3) is 7.32. The van der Waals surface area contributed by atoms with Gasteiger partial charge in [-0.2, -0.15) is 0 Å². The van der Waals surface area contributed by atoms with Crippen molar-refractivity contribution in [3.05, 3.63) is 97.9 Å². The normalized spacial score (nSPS) is 11.5. The van der Waals surface area contributed by atoms with Crippen molar-refractivity contribution in [1.82, 2.24) is 10.2 Å². The van der Waals surface area contributed by atoms with E-state index in [1.807, 2.05) is 54.6 Å². The Bertz CT molecular complexity index is 1110. The molecule has 3 aromatic carbocycles. The van der Waals surface area contributed by atoms with Crippen molar-refractivity contribution in [2.24, 2.45) is 0 Å². The molecule has 8 heteroatoms. The highest BCUT2D eigenvalue weighted by Gasteiger charge is 2.30. The predicted octanol–water partition coefficient (Wildman–Crippen LogP) is 5.63. The molecule has 5 nitrogen and oxygen atoms in total. The molecule has 0 saturated heterocycles. The molecule has 0 radical (unpaired) electrons.